The number of nitriles is 1. The SMILES string of the molecule is Cn1cc(-c2cc3cnc(Nc4ccccc4C#N)cc3n2C(=O)OC(C)(C)C)cn1. The standard InChI is InChI=1S/C23H22N6O2/c1-23(2,3)31-22(30)29-19(17-13-26-28(4)14-17)9-16-12-25-21(10-20(16)29)27-18-8-6-5-7-15(18)11-24/h5-10,12-14H,1-4H3,(H,25,27). The summed E-state index contributed by atoms with van der Waals surface area (Å²) in [6.45, 7) is 5.48. The van der Waals surface area contributed by atoms with E-state index in [9.17, 15) is 10.1 Å². The molecule has 0 unspecified atom stereocenters. The first-order chi connectivity index (χ1) is 14.7. The first-order valence-corrected chi connectivity index (χ1v) is 9.75. The van der Waals surface area contributed by atoms with Crippen LogP contribution in [-0.2, 0) is 11.8 Å². The highest BCUT2D eigenvalue weighted by Gasteiger charge is 2.24. The number of benzene rings is 1. The van der Waals surface area contributed by atoms with Crippen LogP contribution in [0.1, 0.15) is 26.3 Å². The van der Waals surface area contributed by atoms with Gasteiger partial charge in [-0.05, 0) is 39.0 Å². The first-order valence-electron chi connectivity index (χ1n) is 9.75. The molecule has 3 aromatic heterocycles. The van der Waals surface area contributed by atoms with Gasteiger partial charge < -0.3 is 10.1 Å². The topological polar surface area (TPSA) is 97.8 Å². The molecule has 1 N–H and O–H groups in total. The van der Waals surface area contributed by atoms with E-state index < -0.39 is 11.7 Å². The number of para-hydroxylation sites is 1. The van der Waals surface area contributed by atoms with Crippen LogP contribution in [0.15, 0.2) is 55.0 Å². The third-order valence-electron chi connectivity index (χ3n) is 4.57. The van der Waals surface area contributed by atoms with E-state index in [4.69, 9.17) is 4.74 Å². The Morgan fingerprint density at radius 3 is 2.65 bits per heavy atom. The average Bonchev–Trinajstić information content (AvgIpc) is 3.30. The van der Waals surface area contributed by atoms with Crippen molar-refractivity contribution in [3.8, 4) is 17.3 Å². The second-order valence-corrected chi connectivity index (χ2v) is 8.16. The van der Waals surface area contributed by atoms with Crippen LogP contribution < -0.4 is 5.32 Å². The van der Waals surface area contributed by atoms with Gasteiger partial charge in [-0.15, -0.1) is 0 Å². The maximum Gasteiger partial charge on any atom is 0.419 e. The molecule has 0 aliphatic heterocycles. The monoisotopic (exact) mass is 414 g/mol. The minimum Gasteiger partial charge on any atom is -0.443 e. The van der Waals surface area contributed by atoms with Gasteiger partial charge in [0.15, 0.2) is 0 Å². The van der Waals surface area contributed by atoms with E-state index in [1.54, 1.807) is 41.3 Å². The van der Waals surface area contributed by atoms with Crippen molar-refractivity contribution in [3.05, 3.63) is 60.6 Å². The largest absolute Gasteiger partial charge is 0.443 e. The number of aryl methyl sites for hydroxylation is 1. The molecule has 0 amide bonds. The minimum absolute atomic E-state index is 0.490. The fourth-order valence-electron chi connectivity index (χ4n) is 3.27. The van der Waals surface area contributed by atoms with Crippen molar-refractivity contribution in [1.82, 2.24) is 19.3 Å². The molecule has 4 rings (SSSR count). The molecule has 0 aliphatic rings. The Hall–Kier alpha value is -4.12. The zero-order valence-electron chi connectivity index (χ0n) is 17.7. The molecule has 0 saturated carbocycles. The number of nitrogens with zero attached hydrogens (tertiary/aromatic N) is 5. The van der Waals surface area contributed by atoms with Gasteiger partial charge in [0.25, 0.3) is 0 Å². The number of aromatic nitrogens is 4. The molecule has 1 aromatic carbocycles. The summed E-state index contributed by atoms with van der Waals surface area (Å²) in [4.78, 5) is 17.6. The molecule has 31 heavy (non-hydrogen) atoms. The lowest BCUT2D eigenvalue weighted by Gasteiger charge is -2.21. The Morgan fingerprint density at radius 1 is 1.19 bits per heavy atom. The number of anilines is 2. The van der Waals surface area contributed by atoms with E-state index in [-0.39, 0.29) is 0 Å². The van der Waals surface area contributed by atoms with Crippen molar-refractivity contribution in [2.75, 3.05) is 5.32 Å². The second kappa shape index (κ2) is 7.61. The summed E-state index contributed by atoms with van der Waals surface area (Å²) in [6.07, 6.45) is 4.74. The predicted octanol–water partition coefficient (Wildman–Crippen LogP) is 4.84. The summed E-state index contributed by atoms with van der Waals surface area (Å²) in [5.41, 5.74) is 2.57. The molecule has 0 saturated heterocycles. The highest BCUT2D eigenvalue weighted by atomic mass is 16.6. The van der Waals surface area contributed by atoms with Gasteiger partial charge in [0.05, 0.1) is 28.7 Å². The van der Waals surface area contributed by atoms with E-state index in [1.807, 2.05) is 46.1 Å². The number of nitrogens with one attached hydrogen (secondary N) is 1. The predicted molar refractivity (Wildman–Crippen MR) is 118 cm³/mol. The number of ether oxygens (including phenoxy) is 1. The fraction of sp³-hybridized carbons (Fsp3) is 0.217. The van der Waals surface area contributed by atoms with Crippen LogP contribution in [0.25, 0.3) is 22.2 Å². The van der Waals surface area contributed by atoms with E-state index in [0.717, 1.165) is 10.9 Å². The quantitative estimate of drug-likeness (QED) is 0.515. The minimum atomic E-state index is -0.653. The normalized spacial score (nSPS) is 11.3. The van der Waals surface area contributed by atoms with Gasteiger partial charge in [-0.25, -0.2) is 14.3 Å². The Labute approximate surface area is 179 Å². The van der Waals surface area contributed by atoms with Gasteiger partial charge in [0.2, 0.25) is 0 Å². The van der Waals surface area contributed by atoms with Crippen molar-refractivity contribution in [2.45, 2.75) is 26.4 Å². The maximum absolute atomic E-state index is 13.1. The third-order valence-corrected chi connectivity index (χ3v) is 4.57. The van der Waals surface area contributed by atoms with E-state index in [1.165, 1.54) is 4.57 Å². The Morgan fingerprint density at radius 2 is 1.97 bits per heavy atom. The van der Waals surface area contributed by atoms with E-state index in [2.05, 4.69) is 21.5 Å². The summed E-state index contributed by atoms with van der Waals surface area (Å²) >= 11 is 0. The molecule has 0 spiro atoms. The van der Waals surface area contributed by atoms with Crippen LogP contribution in [0.3, 0.4) is 0 Å². The van der Waals surface area contributed by atoms with Crippen LogP contribution in [0.5, 0.6) is 0 Å². The summed E-state index contributed by atoms with van der Waals surface area (Å²) in [5, 5.41) is 17.5. The van der Waals surface area contributed by atoms with Crippen molar-refractivity contribution in [1.29, 1.82) is 5.26 Å². The lowest BCUT2D eigenvalue weighted by Crippen LogP contribution is -2.27. The first kappa shape index (κ1) is 20.2. The lowest BCUT2D eigenvalue weighted by atomic mass is 10.2. The van der Waals surface area contributed by atoms with Crippen molar-refractivity contribution in [2.24, 2.45) is 7.05 Å². The lowest BCUT2D eigenvalue weighted by molar-refractivity contribution is 0.0547. The summed E-state index contributed by atoms with van der Waals surface area (Å²) in [5.74, 6) is 0.510. The molecule has 4 aromatic rings. The Balaban J connectivity index is 1.84. The molecular formula is C23H22N6O2. The van der Waals surface area contributed by atoms with Gasteiger partial charge in [-0.2, -0.15) is 10.4 Å². The second-order valence-electron chi connectivity index (χ2n) is 8.16. The molecule has 156 valence electrons. The van der Waals surface area contributed by atoms with Gasteiger partial charge in [-0.3, -0.25) is 4.68 Å². The van der Waals surface area contributed by atoms with Gasteiger partial charge in [0.1, 0.15) is 17.5 Å². The van der Waals surface area contributed by atoms with E-state index >= 15 is 0 Å². The van der Waals surface area contributed by atoms with Crippen molar-refractivity contribution in [3.63, 3.8) is 0 Å². The number of rotatable bonds is 3. The molecule has 0 radical (unpaired) electrons. The molecule has 0 aliphatic carbocycles. The Bertz CT molecular complexity index is 1320. The molecule has 3 heterocycles. The van der Waals surface area contributed by atoms with Crippen LogP contribution in [0, 0.1) is 11.3 Å². The third kappa shape index (κ3) is 4.12. The average molecular weight is 414 g/mol. The highest BCUT2D eigenvalue weighted by Crippen LogP contribution is 2.31. The zero-order chi connectivity index (χ0) is 22.2. The van der Waals surface area contributed by atoms with Crippen LogP contribution in [-0.4, -0.2) is 31.0 Å². The van der Waals surface area contributed by atoms with E-state index in [0.29, 0.717) is 28.3 Å². The molecule has 0 fully saturated rings. The number of carbonyl (C=O) groups is 1. The summed E-state index contributed by atoms with van der Waals surface area (Å²) in [7, 11) is 1.82. The molecule has 8 nitrogen and oxygen atoms in total. The van der Waals surface area contributed by atoms with Gasteiger partial charge in [-0.1, -0.05) is 12.1 Å². The molecular weight excluding hydrogens is 392 g/mol. The number of pyridine rings is 1. The van der Waals surface area contributed by atoms with Gasteiger partial charge in [0, 0.05) is 36.5 Å². The van der Waals surface area contributed by atoms with Crippen molar-refractivity contribution < 1.29 is 9.53 Å². The number of carbonyl (C=O) groups excluding carboxylic acids is 1. The van der Waals surface area contributed by atoms with Gasteiger partial charge >= 0.3 is 6.09 Å². The smallest absolute Gasteiger partial charge is 0.419 e. The van der Waals surface area contributed by atoms with Crippen LogP contribution in [0.2, 0.25) is 0 Å². The van der Waals surface area contributed by atoms with Crippen molar-refractivity contribution >= 4 is 28.5 Å². The maximum atomic E-state index is 13.1. The van der Waals surface area contributed by atoms with Crippen LogP contribution >= 0.6 is 0 Å². The number of hydrogen-bond donors (Lipinski definition) is 1. The highest BCUT2D eigenvalue weighted by molar-refractivity contribution is 5.97. The number of hydrogen-bond acceptors (Lipinski definition) is 6. The summed E-state index contributed by atoms with van der Waals surface area (Å²) < 4.78 is 8.87. The number of fused-ring (bicyclic) bond motifs is 1. The zero-order valence-corrected chi connectivity index (χ0v) is 17.7. The summed E-state index contributed by atoms with van der Waals surface area (Å²) in [6, 6.07) is 13.0. The fourth-order valence-corrected chi connectivity index (χ4v) is 3.27. The van der Waals surface area contributed by atoms with Crippen LogP contribution in [0.4, 0.5) is 16.3 Å². The molecule has 0 atom stereocenters. The molecule has 0 bridgehead atoms. The Kier molecular flexibility index (Phi) is 4.95. The molecule has 8 heteroatoms.